The Morgan fingerprint density at radius 3 is 2.62 bits per heavy atom. The van der Waals surface area contributed by atoms with Gasteiger partial charge in [0, 0.05) is 18.0 Å². The second-order valence-electron chi connectivity index (χ2n) is 6.74. The first-order valence-corrected chi connectivity index (χ1v) is 8.78. The minimum Gasteiger partial charge on any atom is -0.435 e. The summed E-state index contributed by atoms with van der Waals surface area (Å²) in [6, 6.07) is 4.42. The SMILES string of the molecule is Cc1cc(C2(CNC(=O)c3cncnc3)[NH+]=C(N)C(C)C2=O)ccc1OC(F)F. The molecule has 0 radical (unpaired) electrons. The molecule has 2 atom stereocenters. The first kappa shape index (κ1) is 20.3. The Kier molecular flexibility index (Phi) is 5.53. The van der Waals surface area contributed by atoms with Gasteiger partial charge in [-0.15, -0.1) is 0 Å². The van der Waals surface area contributed by atoms with Crippen LogP contribution in [0.2, 0.25) is 0 Å². The van der Waals surface area contributed by atoms with Crippen LogP contribution in [-0.4, -0.2) is 40.7 Å². The maximum Gasteiger partial charge on any atom is 0.387 e. The third-order valence-electron chi connectivity index (χ3n) is 4.86. The van der Waals surface area contributed by atoms with Gasteiger partial charge in [-0.2, -0.15) is 8.78 Å². The average Bonchev–Trinajstić information content (AvgIpc) is 2.92. The first-order chi connectivity index (χ1) is 13.7. The van der Waals surface area contributed by atoms with E-state index in [0.717, 1.165) is 0 Å². The number of hydrogen-bond donors (Lipinski definition) is 3. The largest absolute Gasteiger partial charge is 0.435 e. The quantitative estimate of drug-likeness (QED) is 0.606. The van der Waals surface area contributed by atoms with Gasteiger partial charge in [0.05, 0.1) is 12.1 Å². The Morgan fingerprint density at radius 2 is 2.07 bits per heavy atom. The van der Waals surface area contributed by atoms with E-state index in [2.05, 4.69) is 25.0 Å². The number of ketones is 1. The van der Waals surface area contributed by atoms with E-state index < -0.39 is 24.0 Å². The Balaban J connectivity index is 1.95. The fourth-order valence-corrected chi connectivity index (χ4v) is 3.25. The third-order valence-corrected chi connectivity index (χ3v) is 4.86. The fourth-order valence-electron chi connectivity index (χ4n) is 3.25. The minimum atomic E-state index is -2.96. The van der Waals surface area contributed by atoms with Crippen LogP contribution < -0.4 is 20.8 Å². The molecule has 0 saturated carbocycles. The van der Waals surface area contributed by atoms with Crippen molar-refractivity contribution in [3.05, 3.63) is 53.6 Å². The highest BCUT2D eigenvalue weighted by Gasteiger charge is 2.52. The van der Waals surface area contributed by atoms with E-state index in [-0.39, 0.29) is 29.5 Å². The van der Waals surface area contributed by atoms with Gasteiger partial charge in [0.1, 0.15) is 18.0 Å². The third kappa shape index (κ3) is 3.91. The number of Topliss-reactive ketones (excluding diaryl/α,β-unsaturated/α-hetero) is 1. The van der Waals surface area contributed by atoms with E-state index in [9.17, 15) is 18.4 Å². The molecule has 0 fully saturated rings. The normalized spacial score (nSPS) is 21.2. The molecule has 10 heteroatoms. The molecule has 2 heterocycles. The van der Waals surface area contributed by atoms with Gasteiger partial charge in [-0.25, -0.2) is 9.97 Å². The van der Waals surface area contributed by atoms with Gasteiger partial charge in [-0.05, 0) is 31.5 Å². The molecular formula is C19H20F2N5O3+. The van der Waals surface area contributed by atoms with Crippen molar-refractivity contribution >= 4 is 17.5 Å². The molecule has 1 aromatic heterocycles. The number of carbonyl (C=O) groups excluding carboxylic acids is 2. The predicted molar refractivity (Wildman–Crippen MR) is 98.2 cm³/mol. The molecule has 2 unspecified atom stereocenters. The maximum atomic E-state index is 13.1. The molecule has 29 heavy (non-hydrogen) atoms. The van der Waals surface area contributed by atoms with E-state index in [4.69, 9.17) is 5.73 Å². The number of amides is 1. The summed E-state index contributed by atoms with van der Waals surface area (Å²) in [6.45, 7) is 0.167. The number of aryl methyl sites for hydroxylation is 1. The standard InChI is InChI=1S/C19H19F2N5O3/c1-10-5-13(3-4-14(10)29-18(20)21)19(15(27)11(2)16(22)26-19)8-25-17(28)12-6-23-9-24-7-12/h3-7,9,11,18H,8H2,1-2H3,(H2,22,26)(H,25,28)/p+1. The van der Waals surface area contributed by atoms with Crippen LogP contribution in [0.4, 0.5) is 8.78 Å². The van der Waals surface area contributed by atoms with Crippen LogP contribution >= 0.6 is 0 Å². The average molecular weight is 404 g/mol. The number of aromatic nitrogens is 2. The first-order valence-electron chi connectivity index (χ1n) is 8.78. The number of nitrogens with zero attached hydrogens (tertiary/aromatic N) is 2. The molecule has 3 rings (SSSR count). The number of amidine groups is 1. The number of benzene rings is 1. The topological polar surface area (TPSA) is 121 Å². The van der Waals surface area contributed by atoms with Gasteiger partial charge >= 0.3 is 6.61 Å². The monoisotopic (exact) mass is 404 g/mol. The Labute approximate surface area is 165 Å². The van der Waals surface area contributed by atoms with Crippen molar-refractivity contribution in [2.75, 3.05) is 6.54 Å². The molecule has 0 spiro atoms. The molecule has 1 aliphatic heterocycles. The molecule has 2 aromatic rings. The van der Waals surface area contributed by atoms with Crippen molar-refractivity contribution in [1.82, 2.24) is 15.3 Å². The summed E-state index contributed by atoms with van der Waals surface area (Å²) in [7, 11) is 0. The summed E-state index contributed by atoms with van der Waals surface area (Å²) in [5.41, 5.74) is 5.73. The minimum absolute atomic E-state index is 0.000171. The number of nitrogens with two attached hydrogens (primary N) is 1. The predicted octanol–water partition coefficient (Wildman–Crippen LogP) is -0.332. The number of alkyl halides is 2. The van der Waals surface area contributed by atoms with Gasteiger partial charge in [0.25, 0.3) is 11.7 Å². The molecule has 1 aromatic carbocycles. The highest BCUT2D eigenvalue weighted by molar-refractivity contribution is 6.08. The number of halogens is 2. The molecule has 1 amide bonds. The zero-order chi connectivity index (χ0) is 21.2. The number of hydrogen-bond acceptors (Lipinski definition) is 6. The van der Waals surface area contributed by atoms with E-state index in [1.54, 1.807) is 19.9 Å². The summed E-state index contributed by atoms with van der Waals surface area (Å²) in [5, 5.41) is 2.70. The van der Waals surface area contributed by atoms with Gasteiger partial charge in [-0.3, -0.25) is 20.3 Å². The summed E-state index contributed by atoms with van der Waals surface area (Å²) in [4.78, 5) is 36.1. The second-order valence-corrected chi connectivity index (χ2v) is 6.74. The number of rotatable bonds is 6. The molecular weight excluding hydrogens is 384 g/mol. The lowest BCUT2D eigenvalue weighted by molar-refractivity contribution is -0.536. The van der Waals surface area contributed by atoms with Crippen LogP contribution in [0, 0.1) is 12.8 Å². The molecule has 0 aliphatic carbocycles. The van der Waals surface area contributed by atoms with Gasteiger partial charge in [0.2, 0.25) is 11.3 Å². The zero-order valence-corrected chi connectivity index (χ0v) is 15.8. The van der Waals surface area contributed by atoms with Crippen LogP contribution in [0.1, 0.15) is 28.4 Å². The lowest BCUT2D eigenvalue weighted by Gasteiger charge is -2.25. The van der Waals surface area contributed by atoms with E-state index >= 15 is 0 Å². The van der Waals surface area contributed by atoms with Crippen molar-refractivity contribution in [2.24, 2.45) is 11.7 Å². The second kappa shape index (κ2) is 7.90. The van der Waals surface area contributed by atoms with Crippen molar-refractivity contribution in [3.8, 4) is 5.75 Å². The van der Waals surface area contributed by atoms with Crippen LogP contribution in [0.5, 0.6) is 5.75 Å². The molecule has 0 saturated heterocycles. The Hall–Kier alpha value is -3.43. The zero-order valence-electron chi connectivity index (χ0n) is 15.8. The summed E-state index contributed by atoms with van der Waals surface area (Å²) < 4.78 is 29.6. The van der Waals surface area contributed by atoms with E-state index in [1.807, 2.05) is 0 Å². The van der Waals surface area contributed by atoms with Crippen LogP contribution in [0.25, 0.3) is 0 Å². The number of ether oxygens (including phenoxy) is 1. The highest BCUT2D eigenvalue weighted by atomic mass is 19.3. The Morgan fingerprint density at radius 1 is 1.38 bits per heavy atom. The molecule has 1 aliphatic rings. The van der Waals surface area contributed by atoms with Crippen LogP contribution in [0.3, 0.4) is 0 Å². The maximum absolute atomic E-state index is 13.1. The lowest BCUT2D eigenvalue weighted by atomic mass is 9.83. The molecule has 8 nitrogen and oxygen atoms in total. The summed E-state index contributed by atoms with van der Waals surface area (Å²) in [5.74, 6) is -1.05. The highest BCUT2D eigenvalue weighted by Crippen LogP contribution is 2.29. The van der Waals surface area contributed by atoms with E-state index in [1.165, 1.54) is 30.9 Å². The number of nitrogens with one attached hydrogen (secondary N) is 2. The van der Waals surface area contributed by atoms with Crippen molar-refractivity contribution in [1.29, 1.82) is 0 Å². The lowest BCUT2D eigenvalue weighted by Crippen LogP contribution is -2.87. The van der Waals surface area contributed by atoms with Crippen molar-refractivity contribution in [3.63, 3.8) is 0 Å². The molecule has 0 bridgehead atoms. The smallest absolute Gasteiger partial charge is 0.387 e. The molecule has 152 valence electrons. The molecule has 4 N–H and O–H groups in total. The van der Waals surface area contributed by atoms with Gasteiger partial charge in [-0.1, -0.05) is 6.07 Å². The fraction of sp³-hybridized carbons (Fsp3) is 0.316. The van der Waals surface area contributed by atoms with Crippen molar-refractivity contribution in [2.45, 2.75) is 26.0 Å². The summed E-state index contributed by atoms with van der Waals surface area (Å²) in [6.07, 6.45) is 3.99. The van der Waals surface area contributed by atoms with E-state index in [0.29, 0.717) is 11.1 Å². The van der Waals surface area contributed by atoms with Crippen molar-refractivity contribution < 1.29 is 28.1 Å². The van der Waals surface area contributed by atoms with Crippen LogP contribution in [-0.2, 0) is 10.3 Å². The van der Waals surface area contributed by atoms with Gasteiger partial charge < -0.3 is 10.1 Å². The summed E-state index contributed by atoms with van der Waals surface area (Å²) >= 11 is 0. The van der Waals surface area contributed by atoms with Crippen LogP contribution in [0.15, 0.2) is 36.9 Å². The number of carbonyl (C=O) groups is 2. The van der Waals surface area contributed by atoms with Gasteiger partial charge in [0.15, 0.2) is 0 Å². The Bertz CT molecular complexity index is 968.